The first-order valence-electron chi connectivity index (χ1n) is 8.23. The van der Waals surface area contributed by atoms with Crippen LogP contribution in [-0.4, -0.2) is 29.0 Å². The number of anilines is 2. The molecule has 0 saturated carbocycles. The number of aryl methyl sites for hydroxylation is 1. The van der Waals surface area contributed by atoms with Crippen LogP contribution in [-0.2, 0) is 11.2 Å². The molecule has 24 heavy (non-hydrogen) atoms. The van der Waals surface area contributed by atoms with E-state index in [-0.39, 0.29) is 11.7 Å². The molecule has 1 aromatic carbocycles. The van der Waals surface area contributed by atoms with E-state index >= 15 is 0 Å². The lowest BCUT2D eigenvalue weighted by Crippen LogP contribution is -2.41. The first-order valence-corrected chi connectivity index (χ1v) is 8.23. The first kappa shape index (κ1) is 16.4. The fourth-order valence-electron chi connectivity index (χ4n) is 3.15. The number of fused-ring (bicyclic) bond motifs is 1. The zero-order valence-corrected chi connectivity index (χ0v) is 14.1. The molecule has 0 spiro atoms. The Hall–Kier alpha value is -2.50. The highest BCUT2D eigenvalue weighted by molar-refractivity contribution is 6.00. The topological polar surface area (TPSA) is 58.1 Å². The third-order valence-electron chi connectivity index (χ3n) is 4.32. The second kappa shape index (κ2) is 6.55. The van der Waals surface area contributed by atoms with E-state index in [2.05, 4.69) is 15.3 Å². The minimum absolute atomic E-state index is 0.0452. The summed E-state index contributed by atoms with van der Waals surface area (Å²) in [4.78, 5) is 23.6. The summed E-state index contributed by atoms with van der Waals surface area (Å²) in [5, 5.41) is 3.10. The van der Waals surface area contributed by atoms with Gasteiger partial charge in [-0.25, -0.2) is 9.37 Å². The molecule has 6 heteroatoms. The van der Waals surface area contributed by atoms with Gasteiger partial charge in [0.05, 0.1) is 5.92 Å². The van der Waals surface area contributed by atoms with Gasteiger partial charge in [0, 0.05) is 24.3 Å². The number of rotatable bonds is 4. The van der Waals surface area contributed by atoms with Crippen molar-refractivity contribution in [1.82, 2.24) is 9.97 Å². The van der Waals surface area contributed by atoms with Gasteiger partial charge < -0.3 is 5.32 Å². The van der Waals surface area contributed by atoms with E-state index in [1.165, 1.54) is 12.1 Å². The van der Waals surface area contributed by atoms with E-state index < -0.39 is 5.92 Å². The normalized spacial score (nSPS) is 16.9. The molecule has 3 rings (SSSR count). The third-order valence-corrected chi connectivity index (χ3v) is 4.32. The molecular formula is C18H21FN4O. The number of hydrogen-bond acceptors (Lipinski definition) is 4. The van der Waals surface area contributed by atoms with Crippen LogP contribution in [0.3, 0.4) is 0 Å². The highest BCUT2D eigenvalue weighted by atomic mass is 19.1. The molecule has 1 aromatic heterocycles. The molecule has 1 amide bonds. The smallest absolute Gasteiger partial charge is 0.236 e. The highest BCUT2D eigenvalue weighted by Crippen LogP contribution is 2.36. The van der Waals surface area contributed by atoms with Crippen LogP contribution in [0.15, 0.2) is 24.3 Å². The minimum Gasteiger partial charge on any atom is -0.354 e. The number of likely N-dealkylation sites (N-methyl/N-ethyl adjacent to an activating group) is 1. The molecule has 1 aliphatic rings. The Bertz CT molecular complexity index is 778. The number of hydrogen-bond donors (Lipinski definition) is 1. The lowest BCUT2D eigenvalue weighted by Gasteiger charge is -2.33. The summed E-state index contributed by atoms with van der Waals surface area (Å²) in [7, 11) is 0. The van der Waals surface area contributed by atoms with E-state index in [0.717, 1.165) is 11.3 Å². The lowest BCUT2D eigenvalue weighted by molar-refractivity contribution is -0.120. The first-order chi connectivity index (χ1) is 11.5. The quantitative estimate of drug-likeness (QED) is 0.937. The Labute approximate surface area is 140 Å². The molecule has 1 aliphatic heterocycles. The van der Waals surface area contributed by atoms with Crippen LogP contribution in [0.25, 0.3) is 0 Å². The Balaban J connectivity index is 2.07. The van der Waals surface area contributed by atoms with Crippen molar-refractivity contribution in [3.63, 3.8) is 0 Å². The van der Waals surface area contributed by atoms with Gasteiger partial charge in [0.2, 0.25) is 11.9 Å². The van der Waals surface area contributed by atoms with Crippen LogP contribution in [0, 0.1) is 12.7 Å². The fourth-order valence-corrected chi connectivity index (χ4v) is 3.15. The van der Waals surface area contributed by atoms with Crippen molar-refractivity contribution in [2.24, 2.45) is 0 Å². The summed E-state index contributed by atoms with van der Waals surface area (Å²) in [5.74, 6) is 0.420. The average Bonchev–Trinajstić information content (AvgIpc) is 2.55. The predicted octanol–water partition coefficient (Wildman–Crippen LogP) is 3.05. The monoisotopic (exact) mass is 328 g/mol. The molecule has 2 heterocycles. The Kier molecular flexibility index (Phi) is 4.46. The van der Waals surface area contributed by atoms with Crippen LogP contribution in [0.1, 0.15) is 36.6 Å². The average molecular weight is 328 g/mol. The standard InChI is InChI=1S/C18H21FN4O/c1-4-20-18-21-11(3)14-10-15(12-7-6-8-13(19)9-12)17(24)23(5-2)16(14)22-18/h6-9,15H,4-5,10H2,1-3H3,(H,20,21,22). The number of carbonyl (C=O) groups excluding carboxylic acids is 1. The summed E-state index contributed by atoms with van der Waals surface area (Å²) >= 11 is 0. The van der Waals surface area contributed by atoms with Crippen molar-refractivity contribution in [2.75, 3.05) is 23.3 Å². The Morgan fingerprint density at radius 1 is 1.33 bits per heavy atom. The Morgan fingerprint density at radius 3 is 2.79 bits per heavy atom. The van der Waals surface area contributed by atoms with Crippen molar-refractivity contribution in [1.29, 1.82) is 0 Å². The van der Waals surface area contributed by atoms with Crippen LogP contribution in [0.2, 0.25) is 0 Å². The second-order valence-electron chi connectivity index (χ2n) is 5.86. The summed E-state index contributed by atoms with van der Waals surface area (Å²) in [6.45, 7) is 7.04. The van der Waals surface area contributed by atoms with E-state index in [1.54, 1.807) is 17.0 Å². The number of amides is 1. The third kappa shape index (κ3) is 2.84. The number of carbonyl (C=O) groups is 1. The SMILES string of the molecule is CCNc1nc(C)c2c(n1)N(CC)C(=O)C(c1cccc(F)c1)C2. The molecule has 1 atom stereocenters. The van der Waals surface area contributed by atoms with E-state index in [1.807, 2.05) is 20.8 Å². The van der Waals surface area contributed by atoms with Gasteiger partial charge in [-0.15, -0.1) is 0 Å². The molecule has 0 aliphatic carbocycles. The molecule has 0 saturated heterocycles. The Morgan fingerprint density at radius 2 is 2.12 bits per heavy atom. The van der Waals surface area contributed by atoms with Gasteiger partial charge in [-0.05, 0) is 44.9 Å². The maximum atomic E-state index is 13.6. The molecule has 1 unspecified atom stereocenters. The van der Waals surface area contributed by atoms with Crippen LogP contribution in [0.4, 0.5) is 16.2 Å². The van der Waals surface area contributed by atoms with Gasteiger partial charge in [0.1, 0.15) is 11.6 Å². The van der Waals surface area contributed by atoms with Crippen molar-refractivity contribution >= 4 is 17.7 Å². The molecule has 126 valence electrons. The molecule has 5 nitrogen and oxygen atoms in total. The summed E-state index contributed by atoms with van der Waals surface area (Å²) in [6.07, 6.45) is 0.492. The molecule has 1 N–H and O–H groups in total. The largest absolute Gasteiger partial charge is 0.354 e. The highest BCUT2D eigenvalue weighted by Gasteiger charge is 2.35. The lowest BCUT2D eigenvalue weighted by atomic mass is 9.87. The second-order valence-corrected chi connectivity index (χ2v) is 5.86. The van der Waals surface area contributed by atoms with Crippen LogP contribution in [0.5, 0.6) is 0 Å². The van der Waals surface area contributed by atoms with Gasteiger partial charge in [0.15, 0.2) is 0 Å². The number of halogens is 1. The van der Waals surface area contributed by atoms with Crippen molar-refractivity contribution in [3.05, 3.63) is 46.9 Å². The fraction of sp³-hybridized carbons (Fsp3) is 0.389. The molecule has 2 aromatic rings. The molecular weight excluding hydrogens is 307 g/mol. The van der Waals surface area contributed by atoms with E-state index in [9.17, 15) is 9.18 Å². The molecule has 0 radical (unpaired) electrons. The minimum atomic E-state index is -0.402. The van der Waals surface area contributed by atoms with Crippen molar-refractivity contribution in [2.45, 2.75) is 33.1 Å². The maximum absolute atomic E-state index is 13.6. The predicted molar refractivity (Wildman–Crippen MR) is 91.8 cm³/mol. The van der Waals surface area contributed by atoms with Crippen LogP contribution < -0.4 is 10.2 Å². The zero-order chi connectivity index (χ0) is 17.3. The van der Waals surface area contributed by atoms with Gasteiger partial charge >= 0.3 is 0 Å². The maximum Gasteiger partial charge on any atom is 0.236 e. The van der Waals surface area contributed by atoms with E-state index in [0.29, 0.717) is 36.8 Å². The van der Waals surface area contributed by atoms with Gasteiger partial charge in [-0.2, -0.15) is 4.98 Å². The number of nitrogens with one attached hydrogen (secondary N) is 1. The van der Waals surface area contributed by atoms with Crippen LogP contribution >= 0.6 is 0 Å². The van der Waals surface area contributed by atoms with Crippen molar-refractivity contribution < 1.29 is 9.18 Å². The zero-order valence-electron chi connectivity index (χ0n) is 14.1. The molecule has 0 bridgehead atoms. The van der Waals surface area contributed by atoms with Gasteiger partial charge in [0.25, 0.3) is 0 Å². The van der Waals surface area contributed by atoms with Gasteiger partial charge in [-0.3, -0.25) is 9.69 Å². The van der Waals surface area contributed by atoms with E-state index in [4.69, 9.17) is 0 Å². The number of nitrogens with zero attached hydrogens (tertiary/aromatic N) is 3. The number of aromatic nitrogens is 2. The number of benzene rings is 1. The summed E-state index contributed by atoms with van der Waals surface area (Å²) in [5.41, 5.74) is 2.50. The molecule has 0 fully saturated rings. The summed E-state index contributed by atoms with van der Waals surface area (Å²) in [6, 6.07) is 6.26. The van der Waals surface area contributed by atoms with Crippen molar-refractivity contribution in [3.8, 4) is 0 Å². The van der Waals surface area contributed by atoms with Gasteiger partial charge in [-0.1, -0.05) is 12.1 Å². The summed E-state index contributed by atoms with van der Waals surface area (Å²) < 4.78 is 13.6.